The molecule has 0 fully saturated rings. The fourth-order valence-corrected chi connectivity index (χ4v) is 0.958. The minimum absolute atomic E-state index is 0.124. The summed E-state index contributed by atoms with van der Waals surface area (Å²) in [6, 6.07) is 1.82. The highest BCUT2D eigenvalue weighted by Gasteiger charge is 2.02. The van der Waals surface area contributed by atoms with Gasteiger partial charge in [-0.3, -0.25) is 4.79 Å². The minimum Gasteiger partial charge on any atom is -0.495 e. The normalized spacial score (nSPS) is 9.46. The van der Waals surface area contributed by atoms with Crippen LogP contribution in [0.2, 0.25) is 0 Å². The van der Waals surface area contributed by atoms with E-state index in [9.17, 15) is 4.79 Å². The number of carbonyl (C=O) groups is 1. The van der Waals surface area contributed by atoms with Crippen LogP contribution in [-0.2, 0) is 4.79 Å². The molecule has 1 N–H and O–H groups in total. The zero-order valence-electron chi connectivity index (χ0n) is 7.92. The van der Waals surface area contributed by atoms with Crippen LogP contribution in [0.5, 0.6) is 5.75 Å². The third kappa shape index (κ3) is 2.43. The summed E-state index contributed by atoms with van der Waals surface area (Å²) in [7, 11) is 1.58. The number of nitrogens with one attached hydrogen (secondary N) is 1. The molecule has 1 amide bonds. The van der Waals surface area contributed by atoms with Crippen molar-refractivity contribution in [2.45, 2.75) is 13.8 Å². The zero-order chi connectivity index (χ0) is 9.84. The van der Waals surface area contributed by atoms with Gasteiger partial charge in [0.05, 0.1) is 13.3 Å². The van der Waals surface area contributed by atoms with E-state index in [1.54, 1.807) is 13.3 Å². The fourth-order valence-electron chi connectivity index (χ4n) is 0.958. The summed E-state index contributed by atoms with van der Waals surface area (Å²) in [5.41, 5.74) is 0.884. The van der Waals surface area contributed by atoms with Crippen molar-refractivity contribution >= 4 is 11.7 Å². The van der Waals surface area contributed by atoms with E-state index in [0.29, 0.717) is 11.6 Å². The highest BCUT2D eigenvalue weighted by Crippen LogP contribution is 2.17. The summed E-state index contributed by atoms with van der Waals surface area (Å²) < 4.78 is 4.98. The summed E-state index contributed by atoms with van der Waals surface area (Å²) in [5, 5.41) is 2.62. The number of methoxy groups -OCH3 is 1. The van der Waals surface area contributed by atoms with Crippen molar-refractivity contribution in [2.24, 2.45) is 0 Å². The number of hydrogen-bond acceptors (Lipinski definition) is 3. The number of rotatable bonds is 2. The smallest absolute Gasteiger partial charge is 0.222 e. The van der Waals surface area contributed by atoms with Gasteiger partial charge in [0.1, 0.15) is 11.6 Å². The summed E-state index contributed by atoms with van der Waals surface area (Å²) in [4.78, 5) is 14.8. The van der Waals surface area contributed by atoms with Gasteiger partial charge in [0, 0.05) is 6.92 Å². The van der Waals surface area contributed by atoms with Gasteiger partial charge in [-0.15, -0.1) is 0 Å². The molecule has 70 valence electrons. The van der Waals surface area contributed by atoms with Crippen LogP contribution in [0.3, 0.4) is 0 Å². The predicted molar refractivity (Wildman–Crippen MR) is 49.8 cm³/mol. The second-order valence-corrected chi connectivity index (χ2v) is 2.72. The Balaban J connectivity index is 2.91. The Morgan fingerprint density at radius 1 is 1.62 bits per heavy atom. The molecular weight excluding hydrogens is 168 g/mol. The van der Waals surface area contributed by atoms with Crippen LogP contribution in [0.25, 0.3) is 0 Å². The molecule has 4 nitrogen and oxygen atoms in total. The fraction of sp³-hybridized carbons (Fsp3) is 0.333. The third-order valence-electron chi connectivity index (χ3n) is 1.58. The van der Waals surface area contributed by atoms with Crippen LogP contribution in [0.15, 0.2) is 12.3 Å². The molecule has 0 atom stereocenters. The van der Waals surface area contributed by atoms with Crippen LogP contribution in [0, 0.1) is 6.92 Å². The van der Waals surface area contributed by atoms with Crippen LogP contribution in [-0.4, -0.2) is 18.0 Å². The molecule has 1 aromatic rings. The molecule has 13 heavy (non-hydrogen) atoms. The number of pyridine rings is 1. The molecule has 0 radical (unpaired) electrons. The van der Waals surface area contributed by atoms with Gasteiger partial charge < -0.3 is 10.1 Å². The van der Waals surface area contributed by atoms with E-state index in [2.05, 4.69) is 10.3 Å². The summed E-state index contributed by atoms with van der Waals surface area (Å²) >= 11 is 0. The number of carbonyl (C=O) groups excluding carboxylic acids is 1. The third-order valence-corrected chi connectivity index (χ3v) is 1.58. The Labute approximate surface area is 76.9 Å². The van der Waals surface area contributed by atoms with Crippen LogP contribution in [0.4, 0.5) is 5.82 Å². The quantitative estimate of drug-likeness (QED) is 0.747. The maximum Gasteiger partial charge on any atom is 0.222 e. The SMILES string of the molecule is COc1cnc(NC(C)=O)c(C)c1. The van der Waals surface area contributed by atoms with Crippen molar-refractivity contribution in [3.8, 4) is 5.75 Å². The maximum absolute atomic E-state index is 10.7. The molecule has 0 aliphatic carbocycles. The van der Waals surface area contributed by atoms with Crippen molar-refractivity contribution in [1.29, 1.82) is 0 Å². The molecule has 1 heterocycles. The minimum atomic E-state index is -0.124. The highest BCUT2D eigenvalue weighted by atomic mass is 16.5. The standard InChI is InChI=1S/C9H12N2O2/c1-6-4-8(13-3)5-10-9(6)11-7(2)12/h4-5H,1-3H3,(H,10,11,12). The van der Waals surface area contributed by atoms with Gasteiger partial charge in [-0.1, -0.05) is 0 Å². The van der Waals surface area contributed by atoms with E-state index in [1.165, 1.54) is 6.92 Å². The van der Waals surface area contributed by atoms with E-state index in [0.717, 1.165) is 5.56 Å². The number of aryl methyl sites for hydroxylation is 1. The Morgan fingerprint density at radius 3 is 2.77 bits per heavy atom. The molecule has 0 aromatic carbocycles. The van der Waals surface area contributed by atoms with Crippen LogP contribution in [0.1, 0.15) is 12.5 Å². The highest BCUT2D eigenvalue weighted by molar-refractivity contribution is 5.88. The number of nitrogens with zero attached hydrogens (tertiary/aromatic N) is 1. The summed E-state index contributed by atoms with van der Waals surface area (Å²) in [6.07, 6.45) is 1.57. The summed E-state index contributed by atoms with van der Waals surface area (Å²) in [6.45, 7) is 3.31. The molecule has 0 saturated heterocycles. The molecule has 0 unspecified atom stereocenters. The average Bonchev–Trinajstić information content (AvgIpc) is 2.08. The second-order valence-electron chi connectivity index (χ2n) is 2.72. The molecule has 0 saturated carbocycles. The number of amides is 1. The molecular formula is C9H12N2O2. The Bertz CT molecular complexity index is 323. The Hall–Kier alpha value is -1.58. The lowest BCUT2D eigenvalue weighted by atomic mass is 10.3. The van der Waals surface area contributed by atoms with Gasteiger partial charge in [-0.2, -0.15) is 0 Å². The lowest BCUT2D eigenvalue weighted by Gasteiger charge is -2.06. The van der Waals surface area contributed by atoms with Gasteiger partial charge in [0.25, 0.3) is 0 Å². The van der Waals surface area contributed by atoms with E-state index in [1.807, 2.05) is 13.0 Å². The van der Waals surface area contributed by atoms with Gasteiger partial charge in [-0.05, 0) is 18.6 Å². The zero-order valence-corrected chi connectivity index (χ0v) is 7.92. The topological polar surface area (TPSA) is 51.2 Å². The molecule has 1 aromatic heterocycles. The van der Waals surface area contributed by atoms with E-state index in [4.69, 9.17) is 4.74 Å². The first kappa shape index (κ1) is 9.51. The number of hydrogen-bond donors (Lipinski definition) is 1. The monoisotopic (exact) mass is 180 g/mol. The van der Waals surface area contributed by atoms with E-state index >= 15 is 0 Å². The van der Waals surface area contributed by atoms with Crippen LogP contribution < -0.4 is 10.1 Å². The van der Waals surface area contributed by atoms with Crippen molar-refractivity contribution in [1.82, 2.24) is 4.98 Å². The van der Waals surface area contributed by atoms with Crippen molar-refractivity contribution in [3.05, 3.63) is 17.8 Å². The molecule has 1 rings (SSSR count). The Morgan fingerprint density at radius 2 is 2.31 bits per heavy atom. The van der Waals surface area contributed by atoms with E-state index < -0.39 is 0 Å². The number of aromatic nitrogens is 1. The lowest BCUT2D eigenvalue weighted by molar-refractivity contribution is -0.114. The number of ether oxygens (including phenoxy) is 1. The van der Waals surface area contributed by atoms with Gasteiger partial charge in [-0.25, -0.2) is 4.98 Å². The lowest BCUT2D eigenvalue weighted by Crippen LogP contribution is -2.08. The van der Waals surface area contributed by atoms with Crippen molar-refractivity contribution in [3.63, 3.8) is 0 Å². The first-order valence-electron chi connectivity index (χ1n) is 3.91. The van der Waals surface area contributed by atoms with Gasteiger partial charge in [0.2, 0.25) is 5.91 Å². The Kier molecular flexibility index (Phi) is 2.84. The molecule has 0 aliphatic heterocycles. The van der Waals surface area contributed by atoms with Crippen molar-refractivity contribution in [2.75, 3.05) is 12.4 Å². The van der Waals surface area contributed by atoms with Gasteiger partial charge >= 0.3 is 0 Å². The number of anilines is 1. The van der Waals surface area contributed by atoms with Crippen LogP contribution >= 0.6 is 0 Å². The maximum atomic E-state index is 10.7. The second kappa shape index (κ2) is 3.89. The average molecular weight is 180 g/mol. The largest absolute Gasteiger partial charge is 0.495 e. The van der Waals surface area contributed by atoms with E-state index in [-0.39, 0.29) is 5.91 Å². The molecule has 0 spiro atoms. The van der Waals surface area contributed by atoms with Crippen molar-refractivity contribution < 1.29 is 9.53 Å². The predicted octanol–water partition coefficient (Wildman–Crippen LogP) is 1.36. The summed E-state index contributed by atoms with van der Waals surface area (Å²) in [5.74, 6) is 1.14. The molecule has 4 heteroatoms. The first-order valence-corrected chi connectivity index (χ1v) is 3.91. The first-order chi connectivity index (χ1) is 6.13. The molecule has 0 aliphatic rings. The molecule has 0 bridgehead atoms. The van der Waals surface area contributed by atoms with Gasteiger partial charge in [0.15, 0.2) is 0 Å².